The fourth-order valence-corrected chi connectivity index (χ4v) is 13.9. The Morgan fingerprint density at radius 1 is 0.438 bits per heavy atom. The van der Waals surface area contributed by atoms with Crippen molar-refractivity contribution in [3.8, 4) is 22.3 Å². The lowest BCUT2D eigenvalue weighted by Crippen LogP contribution is -2.73. The minimum Gasteiger partial charge on any atom is -0.399 e. The van der Waals surface area contributed by atoms with E-state index in [1.807, 2.05) is 0 Å². The molecule has 232 valence electrons. The maximum absolute atomic E-state index is 6.62. The molecule has 0 saturated carbocycles. The van der Waals surface area contributed by atoms with Crippen molar-refractivity contribution in [1.29, 1.82) is 0 Å². The Hall–Kier alpha value is -4.74. The molecule has 0 bridgehead atoms. The van der Waals surface area contributed by atoms with Gasteiger partial charge in [0.1, 0.15) is 0 Å². The summed E-state index contributed by atoms with van der Waals surface area (Å²) in [6.07, 6.45) is 0. The maximum Gasteiger partial charge on any atom is 0.495 e. The van der Waals surface area contributed by atoms with Crippen LogP contribution in [0.25, 0.3) is 43.8 Å². The van der Waals surface area contributed by atoms with Crippen LogP contribution in [0, 0.1) is 0 Å². The minimum absolute atomic E-state index is 0.421. The van der Waals surface area contributed by atoms with E-state index in [0.717, 1.165) is 11.0 Å². The fraction of sp³-hybridized carbons (Fsp3) is 0.136. The molecule has 1 saturated heterocycles. The first-order valence-corrected chi connectivity index (χ1v) is 19.0. The summed E-state index contributed by atoms with van der Waals surface area (Å²) in [6, 6.07) is 56.6. The zero-order valence-corrected chi connectivity index (χ0v) is 28.8. The van der Waals surface area contributed by atoms with Crippen LogP contribution in [0.1, 0.15) is 27.7 Å². The van der Waals surface area contributed by atoms with E-state index in [1.165, 1.54) is 59.0 Å². The van der Waals surface area contributed by atoms with E-state index in [1.54, 1.807) is 0 Å². The zero-order valence-electron chi connectivity index (χ0n) is 27.8. The minimum atomic E-state index is -2.88. The zero-order chi connectivity index (χ0) is 32.7. The molecule has 2 nitrogen and oxygen atoms in total. The molecule has 0 amide bonds. The summed E-state index contributed by atoms with van der Waals surface area (Å²) in [5.74, 6) is 0. The molecule has 2 aliphatic heterocycles. The summed E-state index contributed by atoms with van der Waals surface area (Å²) in [5, 5.41) is 10.9. The molecule has 0 N–H and O–H groups in total. The average Bonchev–Trinajstić information content (AvgIpc) is 3.53. The Morgan fingerprint density at radius 3 is 1.56 bits per heavy atom. The van der Waals surface area contributed by atoms with Crippen molar-refractivity contribution in [2.45, 2.75) is 38.9 Å². The van der Waals surface area contributed by atoms with Crippen molar-refractivity contribution in [3.63, 3.8) is 0 Å². The standard InChI is InChI=1S/C44H37BO2Si/c1-43(2)44(3,4)47-45(46-43)38-23-11-9-19-33(38)32-27-28-37-36-22-10-12-24-41(36)48(42(37)29-32,39-25-13-17-30-15-5-7-20-34(30)39)40-26-14-18-31-16-6-8-21-35(31)40/h5-29H,1-4H3. The van der Waals surface area contributed by atoms with Gasteiger partial charge in [0.05, 0.1) is 11.2 Å². The number of hydrogen-bond donors (Lipinski definition) is 0. The Balaban J connectivity index is 1.38. The van der Waals surface area contributed by atoms with Crippen LogP contribution < -0.4 is 26.2 Å². The third kappa shape index (κ3) is 4.13. The maximum atomic E-state index is 6.62. The molecule has 0 unspecified atom stereocenters. The van der Waals surface area contributed by atoms with Crippen molar-refractivity contribution in [2.75, 3.05) is 0 Å². The summed E-state index contributed by atoms with van der Waals surface area (Å²) in [4.78, 5) is 0. The van der Waals surface area contributed by atoms with Crippen LogP contribution in [0.15, 0.2) is 152 Å². The SMILES string of the molecule is CC1(C)OB(c2ccccc2-c2ccc3c(c2)[Si](c2cccc4ccccc24)(c2cccc4ccccc24)c2ccccc2-3)OC1(C)C. The molecule has 0 aliphatic carbocycles. The lowest BCUT2D eigenvalue weighted by atomic mass is 9.74. The fourth-order valence-electron chi connectivity index (χ4n) is 8.21. The highest BCUT2D eigenvalue weighted by Gasteiger charge is 2.53. The molecular weight excluding hydrogens is 599 g/mol. The van der Waals surface area contributed by atoms with Gasteiger partial charge in [-0.1, -0.05) is 152 Å². The number of fused-ring (bicyclic) bond motifs is 5. The average molecular weight is 637 g/mol. The Morgan fingerprint density at radius 2 is 0.917 bits per heavy atom. The first-order valence-electron chi connectivity index (χ1n) is 17.0. The number of rotatable bonds is 4. The van der Waals surface area contributed by atoms with Crippen LogP contribution in [0.4, 0.5) is 0 Å². The molecule has 7 aromatic carbocycles. The highest BCUT2D eigenvalue weighted by Crippen LogP contribution is 2.38. The van der Waals surface area contributed by atoms with Gasteiger partial charge in [0.2, 0.25) is 0 Å². The van der Waals surface area contributed by atoms with E-state index < -0.39 is 26.4 Å². The molecule has 2 aliphatic rings. The third-order valence-corrected chi connectivity index (χ3v) is 16.2. The Bertz CT molecular complexity index is 2290. The van der Waals surface area contributed by atoms with Gasteiger partial charge in [0.25, 0.3) is 0 Å². The summed E-state index contributed by atoms with van der Waals surface area (Å²) in [7, 11) is -3.33. The van der Waals surface area contributed by atoms with Crippen LogP contribution >= 0.6 is 0 Å². The van der Waals surface area contributed by atoms with Gasteiger partial charge in [-0.3, -0.25) is 0 Å². The summed E-state index contributed by atoms with van der Waals surface area (Å²) in [5.41, 5.74) is 5.22. The molecule has 1 fully saturated rings. The first-order chi connectivity index (χ1) is 23.3. The molecule has 0 radical (unpaired) electrons. The highest BCUT2D eigenvalue weighted by atomic mass is 28.3. The summed E-state index contributed by atoms with van der Waals surface area (Å²) < 4.78 is 13.2. The predicted molar refractivity (Wildman–Crippen MR) is 205 cm³/mol. The van der Waals surface area contributed by atoms with Crippen molar-refractivity contribution in [2.24, 2.45) is 0 Å². The van der Waals surface area contributed by atoms with Crippen LogP contribution in [-0.2, 0) is 9.31 Å². The second-order valence-electron chi connectivity index (χ2n) is 14.3. The van der Waals surface area contributed by atoms with Crippen LogP contribution in [0.2, 0.25) is 0 Å². The molecule has 2 heterocycles. The van der Waals surface area contributed by atoms with Gasteiger partial charge >= 0.3 is 7.12 Å². The smallest absolute Gasteiger partial charge is 0.399 e. The van der Waals surface area contributed by atoms with Gasteiger partial charge in [-0.05, 0) is 97.7 Å². The molecule has 4 heteroatoms. The molecule has 0 aromatic heterocycles. The van der Waals surface area contributed by atoms with E-state index in [-0.39, 0.29) is 0 Å². The molecule has 0 spiro atoms. The van der Waals surface area contributed by atoms with Gasteiger partial charge in [0.15, 0.2) is 8.07 Å². The first kappa shape index (κ1) is 29.4. The predicted octanol–water partition coefficient (Wildman–Crippen LogP) is 7.32. The van der Waals surface area contributed by atoms with Crippen LogP contribution in [-0.4, -0.2) is 26.4 Å². The van der Waals surface area contributed by atoms with Gasteiger partial charge < -0.3 is 9.31 Å². The van der Waals surface area contributed by atoms with Crippen molar-refractivity contribution in [3.05, 3.63) is 152 Å². The lowest BCUT2D eigenvalue weighted by Gasteiger charge is -2.33. The normalized spacial score (nSPS) is 17.0. The highest BCUT2D eigenvalue weighted by molar-refractivity contribution is 7.23. The molecule has 48 heavy (non-hydrogen) atoms. The third-order valence-electron chi connectivity index (χ3n) is 11.2. The van der Waals surface area contributed by atoms with Crippen molar-refractivity contribution < 1.29 is 9.31 Å². The van der Waals surface area contributed by atoms with Gasteiger partial charge in [-0.15, -0.1) is 0 Å². The number of hydrogen-bond acceptors (Lipinski definition) is 2. The second-order valence-corrected chi connectivity index (χ2v) is 17.9. The van der Waals surface area contributed by atoms with E-state index in [4.69, 9.17) is 9.31 Å². The summed E-state index contributed by atoms with van der Waals surface area (Å²) in [6.45, 7) is 8.49. The second kappa shape index (κ2) is 10.6. The Labute approximate surface area is 284 Å². The van der Waals surface area contributed by atoms with Gasteiger partial charge in [0, 0.05) is 0 Å². The summed E-state index contributed by atoms with van der Waals surface area (Å²) >= 11 is 0. The van der Waals surface area contributed by atoms with Crippen molar-refractivity contribution in [1.82, 2.24) is 0 Å². The monoisotopic (exact) mass is 636 g/mol. The van der Waals surface area contributed by atoms with Crippen LogP contribution in [0.5, 0.6) is 0 Å². The molecule has 9 rings (SSSR count). The quantitative estimate of drug-likeness (QED) is 0.189. The molecular formula is C44H37BO2Si. The molecule has 0 atom stereocenters. The molecule has 7 aromatic rings. The largest absolute Gasteiger partial charge is 0.495 e. The Kier molecular flexibility index (Phi) is 6.51. The van der Waals surface area contributed by atoms with Crippen molar-refractivity contribution >= 4 is 62.9 Å². The van der Waals surface area contributed by atoms with E-state index in [9.17, 15) is 0 Å². The van der Waals surface area contributed by atoms with Gasteiger partial charge in [-0.2, -0.15) is 0 Å². The van der Waals surface area contributed by atoms with E-state index >= 15 is 0 Å². The number of benzene rings is 7. The van der Waals surface area contributed by atoms with Gasteiger partial charge in [-0.25, -0.2) is 0 Å². The van der Waals surface area contributed by atoms with Crippen LogP contribution in [0.3, 0.4) is 0 Å². The topological polar surface area (TPSA) is 18.5 Å². The lowest BCUT2D eigenvalue weighted by molar-refractivity contribution is 0.00578. The van der Waals surface area contributed by atoms with E-state index in [2.05, 4.69) is 179 Å². The van der Waals surface area contributed by atoms with E-state index in [0.29, 0.717) is 0 Å².